The van der Waals surface area contributed by atoms with Gasteiger partial charge in [0.15, 0.2) is 0 Å². The topological polar surface area (TPSA) is 43.4 Å². The second-order valence-electron chi connectivity index (χ2n) is 4.56. The Morgan fingerprint density at radius 1 is 0.913 bits per heavy atom. The fourth-order valence-corrected chi connectivity index (χ4v) is 1.90. The number of rotatable bonds is 9. The lowest BCUT2D eigenvalue weighted by Crippen LogP contribution is -2.64. The quantitative estimate of drug-likeness (QED) is 0.439. The number of halogens is 9. The maximum absolute atomic E-state index is 13.3. The largest absolute Gasteiger partial charge is 0.442 e. The van der Waals surface area contributed by atoms with E-state index in [4.69, 9.17) is 0 Å². The van der Waals surface area contributed by atoms with Crippen LogP contribution in [0.5, 0.6) is 0 Å². The molecule has 0 aromatic rings. The van der Waals surface area contributed by atoms with Crippen molar-refractivity contribution in [2.75, 3.05) is 0 Å². The first-order chi connectivity index (χ1) is 9.99. The van der Waals surface area contributed by atoms with Crippen LogP contribution < -0.4 is 0 Å². The Bertz CT molecular complexity index is 504. The second kappa shape index (κ2) is 6.65. The fourth-order valence-electron chi connectivity index (χ4n) is 1.47. The van der Waals surface area contributed by atoms with Crippen LogP contribution in [0, 0.1) is 0 Å². The van der Waals surface area contributed by atoms with Gasteiger partial charge in [-0.05, 0) is 12.8 Å². The minimum atomic E-state index is -7.60. The Morgan fingerprint density at radius 2 is 1.35 bits per heavy atom. The lowest BCUT2D eigenvalue weighted by Gasteiger charge is -2.35. The summed E-state index contributed by atoms with van der Waals surface area (Å²) >= 11 is 0. The molecule has 0 aliphatic carbocycles. The highest BCUT2D eigenvalue weighted by Crippen LogP contribution is 2.55. The zero-order valence-corrected chi connectivity index (χ0v) is 12.5. The molecule has 0 saturated heterocycles. The molecule has 0 aliphatic rings. The zero-order chi connectivity index (χ0) is 18.9. The van der Waals surface area contributed by atoms with Gasteiger partial charge in [0.25, 0.3) is 0 Å². The van der Waals surface area contributed by atoms with Gasteiger partial charge in [0, 0.05) is 0 Å². The molecule has 0 heterocycles. The van der Waals surface area contributed by atoms with Crippen LogP contribution in [0.25, 0.3) is 0 Å². The average molecular weight is 384 g/mol. The van der Waals surface area contributed by atoms with E-state index in [1.165, 1.54) is 13.8 Å². The molecule has 0 aliphatic heterocycles. The molecule has 0 N–H and O–H groups in total. The molecule has 0 rings (SSSR count). The Hall–Kier alpha value is -0.720. The summed E-state index contributed by atoms with van der Waals surface area (Å²) in [4.78, 5) is 0. The lowest BCUT2D eigenvalue weighted by atomic mass is 10.1. The van der Waals surface area contributed by atoms with Crippen molar-refractivity contribution in [3.05, 3.63) is 0 Å². The summed E-state index contributed by atoms with van der Waals surface area (Å²) in [6, 6.07) is 0. The van der Waals surface area contributed by atoms with Crippen LogP contribution in [0.1, 0.15) is 33.1 Å². The first-order valence-corrected chi connectivity index (χ1v) is 7.51. The summed E-state index contributed by atoms with van der Waals surface area (Å²) in [6.45, 7) is 2.59. The van der Waals surface area contributed by atoms with Gasteiger partial charge in [0.2, 0.25) is 0 Å². The Kier molecular flexibility index (Phi) is 6.44. The van der Waals surface area contributed by atoms with Gasteiger partial charge in [0.1, 0.15) is 0 Å². The SMILES string of the molecule is CCCC(CC)OC(F)(F)C(F)(F)C(F)(F)C(F)(F)S(=O)(=O)F. The Morgan fingerprint density at radius 3 is 1.65 bits per heavy atom. The molecule has 0 spiro atoms. The van der Waals surface area contributed by atoms with Crippen LogP contribution in [0.2, 0.25) is 0 Å². The highest BCUT2D eigenvalue weighted by atomic mass is 32.3. The third-order valence-corrected chi connectivity index (χ3v) is 3.68. The van der Waals surface area contributed by atoms with Crippen molar-refractivity contribution in [2.24, 2.45) is 0 Å². The Balaban J connectivity index is 5.84. The van der Waals surface area contributed by atoms with Crippen molar-refractivity contribution in [1.29, 1.82) is 0 Å². The molecule has 1 atom stereocenters. The molecule has 0 aromatic heterocycles. The molecule has 23 heavy (non-hydrogen) atoms. The van der Waals surface area contributed by atoms with Gasteiger partial charge in [-0.3, -0.25) is 0 Å². The molecule has 3 nitrogen and oxygen atoms in total. The number of hydrogen-bond acceptors (Lipinski definition) is 3. The van der Waals surface area contributed by atoms with E-state index in [9.17, 15) is 47.4 Å². The standard InChI is InChI=1S/C10H13F9O3S/c1-3-5-6(4-2)22-9(15,16)7(11,12)8(13,14)10(17,18)23(19,20)21/h6H,3-5H2,1-2H3. The van der Waals surface area contributed by atoms with Crippen molar-refractivity contribution < 1.29 is 52.2 Å². The lowest BCUT2D eigenvalue weighted by molar-refractivity contribution is -0.426. The summed E-state index contributed by atoms with van der Waals surface area (Å²) in [5, 5.41) is -7.08. The van der Waals surface area contributed by atoms with Crippen molar-refractivity contribution >= 4 is 10.2 Å². The van der Waals surface area contributed by atoms with E-state index in [-0.39, 0.29) is 19.3 Å². The maximum atomic E-state index is 13.3. The minimum absolute atomic E-state index is 0.117. The summed E-state index contributed by atoms with van der Waals surface area (Å²) in [5.41, 5.74) is 0. The van der Waals surface area contributed by atoms with E-state index in [1.54, 1.807) is 0 Å². The molecular weight excluding hydrogens is 371 g/mol. The van der Waals surface area contributed by atoms with Crippen LogP contribution in [0.15, 0.2) is 0 Å². The normalized spacial score (nSPS) is 16.5. The van der Waals surface area contributed by atoms with Gasteiger partial charge in [-0.15, -0.1) is 0 Å². The van der Waals surface area contributed by atoms with Crippen molar-refractivity contribution in [3.63, 3.8) is 0 Å². The van der Waals surface area contributed by atoms with Crippen LogP contribution in [-0.2, 0) is 15.0 Å². The predicted molar refractivity (Wildman–Crippen MR) is 59.9 cm³/mol. The van der Waals surface area contributed by atoms with Crippen molar-refractivity contribution in [2.45, 2.75) is 62.4 Å². The summed E-state index contributed by atoms with van der Waals surface area (Å²) in [7, 11) is -7.60. The molecule has 0 amide bonds. The van der Waals surface area contributed by atoms with E-state index in [0.29, 0.717) is 0 Å². The van der Waals surface area contributed by atoms with E-state index in [1.807, 2.05) is 0 Å². The van der Waals surface area contributed by atoms with Gasteiger partial charge in [0.05, 0.1) is 6.10 Å². The Labute approximate surface area is 126 Å². The third-order valence-electron chi connectivity index (χ3n) is 2.81. The summed E-state index contributed by atoms with van der Waals surface area (Å²) in [6.07, 6.45) is -8.37. The molecular formula is C10H13F9O3S. The van der Waals surface area contributed by atoms with Gasteiger partial charge in [-0.2, -0.15) is 43.5 Å². The molecule has 0 fully saturated rings. The van der Waals surface area contributed by atoms with Crippen LogP contribution in [0.4, 0.5) is 39.0 Å². The van der Waals surface area contributed by atoms with Crippen molar-refractivity contribution in [3.8, 4) is 0 Å². The van der Waals surface area contributed by atoms with Crippen LogP contribution in [-0.4, -0.2) is 37.7 Å². The van der Waals surface area contributed by atoms with E-state index in [0.717, 1.165) is 0 Å². The molecule has 0 radical (unpaired) electrons. The van der Waals surface area contributed by atoms with Gasteiger partial charge in [-0.1, -0.05) is 24.2 Å². The highest BCUT2D eigenvalue weighted by molar-refractivity contribution is 7.87. The molecule has 0 bridgehead atoms. The van der Waals surface area contributed by atoms with Crippen molar-refractivity contribution in [1.82, 2.24) is 0 Å². The smallest absolute Gasteiger partial charge is 0.312 e. The predicted octanol–water partition coefficient (Wildman–Crippen LogP) is 4.34. The number of alkyl halides is 8. The van der Waals surface area contributed by atoms with Gasteiger partial charge >= 0.3 is 33.4 Å². The first kappa shape index (κ1) is 22.3. The molecule has 13 heteroatoms. The maximum Gasteiger partial charge on any atom is 0.442 e. The second-order valence-corrected chi connectivity index (χ2v) is 5.95. The molecule has 1 unspecified atom stereocenters. The number of hydrogen-bond donors (Lipinski definition) is 0. The minimum Gasteiger partial charge on any atom is -0.312 e. The van der Waals surface area contributed by atoms with Crippen LogP contribution in [0.3, 0.4) is 0 Å². The average Bonchev–Trinajstić information content (AvgIpc) is 2.35. The monoisotopic (exact) mass is 384 g/mol. The molecule has 0 saturated carbocycles. The number of ether oxygens (including phenoxy) is 1. The van der Waals surface area contributed by atoms with Crippen LogP contribution >= 0.6 is 0 Å². The van der Waals surface area contributed by atoms with E-state index < -0.39 is 39.5 Å². The highest BCUT2D eigenvalue weighted by Gasteiger charge is 2.85. The van der Waals surface area contributed by atoms with Gasteiger partial charge < -0.3 is 4.74 Å². The van der Waals surface area contributed by atoms with Gasteiger partial charge in [-0.25, -0.2) is 0 Å². The summed E-state index contributed by atoms with van der Waals surface area (Å²) in [5.74, 6) is -14.3. The summed E-state index contributed by atoms with van der Waals surface area (Å²) < 4.78 is 140. The van der Waals surface area contributed by atoms with E-state index in [2.05, 4.69) is 4.74 Å². The zero-order valence-electron chi connectivity index (χ0n) is 11.7. The third kappa shape index (κ3) is 3.86. The van der Waals surface area contributed by atoms with E-state index >= 15 is 0 Å². The molecule has 140 valence electrons. The fraction of sp³-hybridized carbons (Fsp3) is 1.00. The first-order valence-electron chi connectivity index (χ1n) is 6.12. The molecule has 0 aromatic carbocycles.